The fourth-order valence-electron chi connectivity index (χ4n) is 1.88. The zero-order valence-corrected chi connectivity index (χ0v) is 13.3. The minimum Gasteiger partial charge on any atom is -0.478 e. The Morgan fingerprint density at radius 2 is 2.10 bits per heavy atom. The highest BCUT2D eigenvalue weighted by molar-refractivity contribution is 6.35. The second-order valence-corrected chi connectivity index (χ2v) is 5.68. The average molecular weight is 324 g/mol. The molecule has 3 nitrogen and oxygen atoms in total. The van der Waals surface area contributed by atoms with E-state index in [0.29, 0.717) is 27.8 Å². The quantitative estimate of drug-likeness (QED) is 0.740. The Morgan fingerprint density at radius 1 is 1.33 bits per heavy atom. The summed E-state index contributed by atoms with van der Waals surface area (Å²) in [5.74, 6) is 0.298. The summed E-state index contributed by atoms with van der Waals surface area (Å²) in [6.45, 7) is 3.63. The van der Waals surface area contributed by atoms with Gasteiger partial charge in [-0.15, -0.1) is 0 Å². The van der Waals surface area contributed by atoms with Crippen LogP contribution in [0, 0.1) is 0 Å². The molecule has 1 unspecified atom stereocenters. The zero-order valence-electron chi connectivity index (χ0n) is 11.8. The Hall–Kier alpha value is -1.58. The van der Waals surface area contributed by atoms with Crippen LogP contribution >= 0.6 is 23.2 Å². The molecule has 1 heterocycles. The molecule has 0 aliphatic rings. The molecule has 0 N–H and O–H groups in total. The van der Waals surface area contributed by atoms with Crippen molar-refractivity contribution in [3.05, 3.63) is 58.3 Å². The van der Waals surface area contributed by atoms with E-state index in [-0.39, 0.29) is 5.78 Å². The second kappa shape index (κ2) is 6.46. The van der Waals surface area contributed by atoms with E-state index in [4.69, 9.17) is 27.9 Å². The molecule has 110 valence electrons. The number of aromatic nitrogens is 1. The number of benzene rings is 1. The van der Waals surface area contributed by atoms with E-state index < -0.39 is 5.60 Å². The van der Waals surface area contributed by atoms with Crippen molar-refractivity contribution in [1.29, 1.82) is 0 Å². The van der Waals surface area contributed by atoms with Gasteiger partial charge in [-0.2, -0.15) is 0 Å². The molecule has 0 saturated heterocycles. The summed E-state index contributed by atoms with van der Waals surface area (Å²) < 4.78 is 5.89. The molecule has 1 aromatic carbocycles. The Labute approximate surface area is 133 Å². The van der Waals surface area contributed by atoms with Crippen LogP contribution in [0.15, 0.2) is 42.7 Å². The van der Waals surface area contributed by atoms with Crippen LogP contribution in [0.25, 0.3) is 0 Å². The van der Waals surface area contributed by atoms with Gasteiger partial charge in [0.2, 0.25) is 5.78 Å². The van der Waals surface area contributed by atoms with Crippen LogP contribution in [-0.2, 0) is 0 Å². The first-order chi connectivity index (χ1) is 9.96. The topological polar surface area (TPSA) is 39.2 Å². The van der Waals surface area contributed by atoms with Crippen LogP contribution in [0.1, 0.15) is 30.6 Å². The third-order valence-electron chi connectivity index (χ3n) is 3.31. The zero-order chi connectivity index (χ0) is 15.5. The number of hydrogen-bond acceptors (Lipinski definition) is 3. The lowest BCUT2D eigenvalue weighted by Gasteiger charge is -2.28. The fraction of sp³-hybridized carbons (Fsp3) is 0.250. The molecule has 1 atom stereocenters. The Kier molecular flexibility index (Phi) is 4.86. The number of rotatable bonds is 5. The number of carbonyl (C=O) groups excluding carboxylic acids is 1. The number of carbonyl (C=O) groups is 1. The van der Waals surface area contributed by atoms with Gasteiger partial charge in [-0.05, 0) is 43.7 Å². The molecule has 21 heavy (non-hydrogen) atoms. The van der Waals surface area contributed by atoms with E-state index in [2.05, 4.69) is 4.98 Å². The predicted octanol–water partition coefficient (Wildman–Crippen LogP) is 4.82. The van der Waals surface area contributed by atoms with Crippen molar-refractivity contribution in [1.82, 2.24) is 4.98 Å². The smallest absolute Gasteiger partial charge is 0.207 e. The van der Waals surface area contributed by atoms with Gasteiger partial charge in [0.15, 0.2) is 5.60 Å². The number of ketones is 1. The first-order valence-electron chi connectivity index (χ1n) is 6.55. The SMILES string of the molecule is CCC(C)(Oc1ccc(Cl)cc1Cl)C(=O)c1cccnc1. The maximum atomic E-state index is 12.6. The summed E-state index contributed by atoms with van der Waals surface area (Å²) in [5.41, 5.74) is -0.507. The maximum absolute atomic E-state index is 12.6. The maximum Gasteiger partial charge on any atom is 0.207 e. The van der Waals surface area contributed by atoms with Gasteiger partial charge in [-0.1, -0.05) is 30.1 Å². The van der Waals surface area contributed by atoms with Gasteiger partial charge in [0.05, 0.1) is 5.02 Å². The average Bonchev–Trinajstić information content (AvgIpc) is 2.50. The summed E-state index contributed by atoms with van der Waals surface area (Å²) in [6.07, 6.45) is 3.65. The highest BCUT2D eigenvalue weighted by atomic mass is 35.5. The molecule has 2 aromatic rings. The minimum absolute atomic E-state index is 0.135. The molecule has 5 heteroatoms. The van der Waals surface area contributed by atoms with E-state index in [9.17, 15) is 4.79 Å². The lowest BCUT2D eigenvalue weighted by atomic mass is 9.93. The van der Waals surface area contributed by atoms with Gasteiger partial charge in [0.25, 0.3) is 0 Å². The molecule has 0 bridgehead atoms. The van der Waals surface area contributed by atoms with Crippen molar-refractivity contribution < 1.29 is 9.53 Å². The molecule has 2 rings (SSSR count). The van der Waals surface area contributed by atoms with E-state index in [1.807, 2.05) is 6.92 Å². The van der Waals surface area contributed by atoms with Crippen LogP contribution in [0.3, 0.4) is 0 Å². The highest BCUT2D eigenvalue weighted by Gasteiger charge is 2.35. The monoisotopic (exact) mass is 323 g/mol. The molecular weight excluding hydrogens is 309 g/mol. The van der Waals surface area contributed by atoms with Crippen molar-refractivity contribution in [2.75, 3.05) is 0 Å². The predicted molar refractivity (Wildman–Crippen MR) is 84.4 cm³/mol. The standard InChI is InChI=1S/C16H15Cl2NO2/c1-3-16(2,15(20)11-5-4-8-19-10-11)21-14-7-6-12(17)9-13(14)18/h4-10H,3H2,1-2H3. The summed E-state index contributed by atoms with van der Waals surface area (Å²) in [5, 5.41) is 0.894. The molecule has 0 spiro atoms. The molecule has 0 aliphatic carbocycles. The van der Waals surface area contributed by atoms with Crippen LogP contribution in [0.2, 0.25) is 10.0 Å². The third kappa shape index (κ3) is 3.55. The number of ether oxygens (including phenoxy) is 1. The first-order valence-corrected chi connectivity index (χ1v) is 7.31. The molecular formula is C16H15Cl2NO2. The fourth-order valence-corrected chi connectivity index (χ4v) is 2.33. The lowest BCUT2D eigenvalue weighted by molar-refractivity contribution is 0.0505. The van der Waals surface area contributed by atoms with E-state index in [0.717, 1.165) is 0 Å². The Morgan fingerprint density at radius 3 is 2.67 bits per heavy atom. The van der Waals surface area contributed by atoms with Gasteiger partial charge in [0.1, 0.15) is 5.75 Å². The van der Waals surface area contributed by atoms with Crippen LogP contribution in [0.4, 0.5) is 0 Å². The Balaban J connectivity index is 2.31. The third-order valence-corrected chi connectivity index (χ3v) is 3.84. The minimum atomic E-state index is -1.01. The number of Topliss-reactive ketones (excluding diaryl/α,β-unsaturated/α-hetero) is 1. The van der Waals surface area contributed by atoms with Crippen LogP contribution in [-0.4, -0.2) is 16.4 Å². The molecule has 0 aliphatic heterocycles. The summed E-state index contributed by atoms with van der Waals surface area (Å²) in [4.78, 5) is 16.6. The largest absolute Gasteiger partial charge is 0.478 e. The first kappa shape index (κ1) is 15.8. The van der Waals surface area contributed by atoms with E-state index >= 15 is 0 Å². The molecule has 1 aromatic heterocycles. The van der Waals surface area contributed by atoms with Crippen molar-refractivity contribution >= 4 is 29.0 Å². The van der Waals surface area contributed by atoms with Crippen LogP contribution in [0.5, 0.6) is 5.75 Å². The van der Waals surface area contributed by atoms with Gasteiger partial charge in [-0.3, -0.25) is 9.78 Å². The summed E-state index contributed by atoms with van der Waals surface area (Å²) in [6, 6.07) is 8.36. The number of halogens is 2. The molecule has 0 saturated carbocycles. The van der Waals surface area contributed by atoms with Crippen molar-refractivity contribution in [3.63, 3.8) is 0 Å². The van der Waals surface area contributed by atoms with Crippen molar-refractivity contribution in [3.8, 4) is 5.75 Å². The van der Waals surface area contributed by atoms with Gasteiger partial charge < -0.3 is 4.74 Å². The Bertz CT molecular complexity index is 646. The number of pyridine rings is 1. The molecule has 0 radical (unpaired) electrons. The summed E-state index contributed by atoms with van der Waals surface area (Å²) >= 11 is 12.0. The van der Waals surface area contributed by atoms with Crippen LogP contribution < -0.4 is 4.74 Å². The normalized spacial score (nSPS) is 13.5. The molecule has 0 fully saturated rings. The van der Waals surface area contributed by atoms with Crippen molar-refractivity contribution in [2.24, 2.45) is 0 Å². The number of hydrogen-bond donors (Lipinski definition) is 0. The summed E-state index contributed by atoms with van der Waals surface area (Å²) in [7, 11) is 0. The number of nitrogens with zero attached hydrogens (tertiary/aromatic N) is 1. The van der Waals surface area contributed by atoms with Gasteiger partial charge in [-0.25, -0.2) is 0 Å². The second-order valence-electron chi connectivity index (χ2n) is 4.83. The highest BCUT2D eigenvalue weighted by Crippen LogP contribution is 2.32. The van der Waals surface area contributed by atoms with E-state index in [1.54, 1.807) is 43.5 Å². The lowest BCUT2D eigenvalue weighted by Crippen LogP contribution is -2.41. The molecule has 0 amide bonds. The van der Waals surface area contributed by atoms with Gasteiger partial charge in [0, 0.05) is 23.0 Å². The van der Waals surface area contributed by atoms with Gasteiger partial charge >= 0.3 is 0 Å². The van der Waals surface area contributed by atoms with Crippen molar-refractivity contribution in [2.45, 2.75) is 25.9 Å². The van der Waals surface area contributed by atoms with E-state index in [1.165, 1.54) is 6.20 Å².